The van der Waals surface area contributed by atoms with Crippen LogP contribution in [0.25, 0.3) is 6.20 Å². The second-order valence-electron chi connectivity index (χ2n) is 9.96. The average molecular weight is 568 g/mol. The minimum atomic E-state index is -0.735. The number of benzene rings is 2. The summed E-state index contributed by atoms with van der Waals surface area (Å²) in [5, 5.41) is -0.0527. The molecule has 1 fully saturated rings. The van der Waals surface area contributed by atoms with Crippen molar-refractivity contribution in [2.45, 2.75) is 32.6 Å². The van der Waals surface area contributed by atoms with Gasteiger partial charge >= 0.3 is 0 Å². The van der Waals surface area contributed by atoms with Gasteiger partial charge in [-0.2, -0.15) is 0 Å². The minimum Gasteiger partial charge on any atom is -0.345 e. The molecule has 9 heteroatoms. The van der Waals surface area contributed by atoms with Gasteiger partial charge in [0.15, 0.2) is 0 Å². The zero-order valence-corrected chi connectivity index (χ0v) is 23.5. The van der Waals surface area contributed by atoms with Crippen LogP contribution in [0.3, 0.4) is 0 Å². The number of aromatic nitrogens is 1. The van der Waals surface area contributed by atoms with Crippen LogP contribution in [0.5, 0.6) is 0 Å². The van der Waals surface area contributed by atoms with Gasteiger partial charge in [-0.15, -0.1) is 0 Å². The Labute approximate surface area is 235 Å². The van der Waals surface area contributed by atoms with Crippen molar-refractivity contribution in [1.29, 1.82) is 0 Å². The van der Waals surface area contributed by atoms with Gasteiger partial charge in [-0.25, -0.2) is 13.2 Å². The lowest BCUT2D eigenvalue weighted by molar-refractivity contribution is 0.0823. The lowest BCUT2D eigenvalue weighted by atomic mass is 10.0. The molecule has 1 aliphatic carbocycles. The summed E-state index contributed by atoms with van der Waals surface area (Å²) < 4.78 is 45.6. The van der Waals surface area contributed by atoms with Gasteiger partial charge < -0.3 is 4.90 Å². The number of aryl methyl sites for hydroxylation is 1. The number of pyridine rings is 1. The van der Waals surface area contributed by atoms with E-state index in [1.165, 1.54) is 72.4 Å². The Balaban J connectivity index is 1.72. The second-order valence-corrected chi connectivity index (χ2v) is 10.3. The van der Waals surface area contributed by atoms with Gasteiger partial charge in [-0.3, -0.25) is 19.1 Å². The van der Waals surface area contributed by atoms with E-state index in [1.54, 1.807) is 32.1 Å². The summed E-state index contributed by atoms with van der Waals surface area (Å²) in [6, 6.07) is 9.94. The molecule has 1 amide bonds. The first-order chi connectivity index (χ1) is 19.0. The van der Waals surface area contributed by atoms with Gasteiger partial charge in [0.1, 0.15) is 22.5 Å². The molecule has 2 unspecified atom stereocenters. The van der Waals surface area contributed by atoms with E-state index in [-0.39, 0.29) is 39.3 Å². The van der Waals surface area contributed by atoms with E-state index < -0.39 is 34.8 Å². The molecule has 1 aliphatic rings. The van der Waals surface area contributed by atoms with Crippen molar-refractivity contribution in [3.05, 3.63) is 122 Å². The summed E-state index contributed by atoms with van der Waals surface area (Å²) in [5.74, 6) is -3.36. The number of carbonyl (C=O) groups excluding carboxylic acids is 1. The predicted octanol–water partition coefficient (Wildman–Crippen LogP) is 6.94. The number of aliphatic imine (C=N–C) groups is 1. The van der Waals surface area contributed by atoms with Gasteiger partial charge in [0.25, 0.3) is 11.5 Å². The molecule has 5 nitrogen and oxygen atoms in total. The first kappa shape index (κ1) is 29.1. The number of halogens is 4. The number of hydrogen-bond acceptors (Lipinski definition) is 3. The highest BCUT2D eigenvalue weighted by Crippen LogP contribution is 2.62. The monoisotopic (exact) mass is 567 g/mol. The van der Waals surface area contributed by atoms with Gasteiger partial charge in [-0.1, -0.05) is 36.7 Å². The van der Waals surface area contributed by atoms with E-state index in [0.717, 1.165) is 0 Å². The van der Waals surface area contributed by atoms with Crippen LogP contribution in [0.2, 0.25) is 5.02 Å². The summed E-state index contributed by atoms with van der Waals surface area (Å²) in [6.45, 7) is 5.32. The molecule has 4 rings (SSSR count). The van der Waals surface area contributed by atoms with Crippen LogP contribution < -0.4 is 5.56 Å². The Morgan fingerprint density at radius 1 is 1.05 bits per heavy atom. The molecule has 1 saturated carbocycles. The Morgan fingerprint density at radius 3 is 2.30 bits per heavy atom. The topological polar surface area (TPSA) is 54.7 Å². The highest BCUT2D eigenvalue weighted by Gasteiger charge is 2.52. The lowest BCUT2D eigenvalue weighted by Crippen LogP contribution is -2.23. The predicted molar refractivity (Wildman–Crippen MR) is 153 cm³/mol. The number of rotatable bonds is 7. The number of allylic oxidation sites excluding steroid dienone is 2. The van der Waals surface area contributed by atoms with E-state index in [1.807, 2.05) is 6.92 Å². The van der Waals surface area contributed by atoms with Crippen LogP contribution in [-0.2, 0) is 0 Å². The summed E-state index contributed by atoms with van der Waals surface area (Å²) in [7, 11) is 3.06. The molecular formula is C31H29ClF3N3O2. The summed E-state index contributed by atoms with van der Waals surface area (Å²) in [6.07, 6.45) is 6.03. The molecule has 0 radical (unpaired) electrons. The fraction of sp³-hybridized carbons (Fsp3) is 0.258. The average Bonchev–Trinajstić information content (AvgIpc) is 3.56. The molecule has 2 aromatic carbocycles. The van der Waals surface area contributed by atoms with E-state index in [0.29, 0.717) is 11.3 Å². The smallest absolute Gasteiger partial charge is 0.273 e. The van der Waals surface area contributed by atoms with Crippen LogP contribution >= 0.6 is 11.6 Å². The van der Waals surface area contributed by atoms with E-state index in [2.05, 4.69) is 4.99 Å². The Bertz CT molecular complexity index is 1600. The third-order valence-electron chi connectivity index (χ3n) is 7.13. The lowest BCUT2D eigenvalue weighted by Gasteiger charge is -2.13. The highest BCUT2D eigenvalue weighted by atomic mass is 35.5. The van der Waals surface area contributed by atoms with Crippen molar-refractivity contribution in [2.24, 2.45) is 10.9 Å². The number of carbonyl (C=O) groups is 1. The van der Waals surface area contributed by atoms with Crippen LogP contribution in [0.15, 0.2) is 70.6 Å². The van der Waals surface area contributed by atoms with Gasteiger partial charge in [0.2, 0.25) is 0 Å². The highest BCUT2D eigenvalue weighted by molar-refractivity contribution is 6.31. The van der Waals surface area contributed by atoms with Crippen molar-refractivity contribution >= 4 is 29.4 Å². The van der Waals surface area contributed by atoms with Crippen LogP contribution in [-0.4, -0.2) is 35.2 Å². The minimum absolute atomic E-state index is 0.000341. The maximum absolute atomic E-state index is 15.4. The third-order valence-corrected chi connectivity index (χ3v) is 7.51. The fourth-order valence-corrected chi connectivity index (χ4v) is 5.30. The molecule has 208 valence electrons. The van der Waals surface area contributed by atoms with Gasteiger partial charge in [0.05, 0.1) is 11.3 Å². The van der Waals surface area contributed by atoms with E-state index in [9.17, 15) is 18.4 Å². The zero-order chi connectivity index (χ0) is 29.3. The van der Waals surface area contributed by atoms with E-state index >= 15 is 4.39 Å². The Kier molecular flexibility index (Phi) is 8.49. The molecular weight excluding hydrogens is 539 g/mol. The molecule has 1 aromatic heterocycles. The van der Waals surface area contributed by atoms with Crippen molar-refractivity contribution < 1.29 is 18.0 Å². The maximum Gasteiger partial charge on any atom is 0.273 e. The fourth-order valence-electron chi connectivity index (χ4n) is 5.02. The van der Waals surface area contributed by atoms with Crippen molar-refractivity contribution in [3.8, 4) is 0 Å². The van der Waals surface area contributed by atoms with Crippen LogP contribution in [0.1, 0.15) is 58.4 Å². The van der Waals surface area contributed by atoms with Crippen molar-refractivity contribution in [2.75, 3.05) is 14.1 Å². The standard InChI is InChI=1S/C31H29ClF3N3O2/c1-6-14-36-24(19-9-7-10-20(29(19)35)30(39)37(4)5)13-15-38-17(2)16-21(28(32)31(38)40)25-18(3)26(25)27-22(33)11-8-12-23(27)34/h6-16,18,25-26H,1-5H3/b14-6+,15-13+,36-24-/t18-,25?,26?/m0/s1. The Morgan fingerprint density at radius 2 is 1.68 bits per heavy atom. The number of nitrogens with zero attached hydrogens (tertiary/aromatic N) is 3. The summed E-state index contributed by atoms with van der Waals surface area (Å²) >= 11 is 6.53. The molecule has 0 aliphatic heterocycles. The van der Waals surface area contributed by atoms with Crippen LogP contribution in [0, 0.1) is 30.3 Å². The summed E-state index contributed by atoms with van der Waals surface area (Å²) in [4.78, 5) is 31.3. The molecule has 0 bridgehead atoms. The quantitative estimate of drug-likeness (QED) is 0.290. The second kappa shape index (κ2) is 11.7. The van der Waals surface area contributed by atoms with Gasteiger partial charge in [0, 0.05) is 49.2 Å². The molecule has 40 heavy (non-hydrogen) atoms. The maximum atomic E-state index is 15.4. The van der Waals surface area contributed by atoms with Crippen molar-refractivity contribution in [3.63, 3.8) is 0 Å². The third kappa shape index (κ3) is 5.41. The van der Waals surface area contributed by atoms with E-state index in [4.69, 9.17) is 11.6 Å². The Hall–Kier alpha value is -3.91. The largest absolute Gasteiger partial charge is 0.345 e. The molecule has 3 aromatic rings. The molecule has 0 saturated heterocycles. The van der Waals surface area contributed by atoms with Gasteiger partial charge in [-0.05, 0) is 67.7 Å². The zero-order valence-electron chi connectivity index (χ0n) is 22.8. The first-order valence-corrected chi connectivity index (χ1v) is 13.1. The molecule has 0 spiro atoms. The molecule has 3 atom stereocenters. The van der Waals surface area contributed by atoms with Crippen LogP contribution in [0.4, 0.5) is 13.2 Å². The molecule has 0 N–H and O–H groups in total. The first-order valence-electron chi connectivity index (χ1n) is 12.7. The summed E-state index contributed by atoms with van der Waals surface area (Å²) in [5.41, 5.74) is 0.678. The van der Waals surface area contributed by atoms with Crippen molar-refractivity contribution in [1.82, 2.24) is 9.47 Å². The molecule has 1 heterocycles. The number of amides is 1. The normalized spacial score (nSPS) is 19.0. The SMILES string of the molecule is C/C=C/N=C(/C=C/n1c(C)cc(C2C(c3c(F)cccc3F)[C@H]2C)c(Cl)c1=O)c1cccc(C(=O)N(C)C)c1F. The number of hydrogen-bond donors (Lipinski definition) is 0.